The summed E-state index contributed by atoms with van der Waals surface area (Å²) in [4.78, 5) is 14.5. The molecule has 2 heterocycles. The number of carbonyl (C=O) groups excluding carboxylic acids is 1. The Morgan fingerprint density at radius 3 is 2.85 bits per heavy atom. The van der Waals surface area contributed by atoms with Crippen LogP contribution in [0, 0.1) is 5.92 Å². The number of thiophene rings is 1. The van der Waals surface area contributed by atoms with Crippen LogP contribution in [0.15, 0.2) is 17.5 Å². The van der Waals surface area contributed by atoms with Crippen molar-refractivity contribution in [2.75, 3.05) is 19.6 Å². The van der Waals surface area contributed by atoms with E-state index in [2.05, 4.69) is 5.32 Å². The first-order valence-corrected chi connectivity index (χ1v) is 7.36. The zero-order valence-electron chi connectivity index (χ0n) is 11.1. The van der Waals surface area contributed by atoms with E-state index in [0.717, 1.165) is 0 Å². The number of piperidine rings is 1. The third-order valence-electron chi connectivity index (χ3n) is 3.27. The summed E-state index contributed by atoms with van der Waals surface area (Å²) in [5, 5.41) is 4.33. The molecule has 1 aliphatic heterocycles. The van der Waals surface area contributed by atoms with Gasteiger partial charge in [0.05, 0.1) is 11.4 Å². The van der Waals surface area contributed by atoms with E-state index in [1.165, 1.54) is 11.3 Å². The fourth-order valence-corrected chi connectivity index (χ4v) is 3.17. The highest BCUT2D eigenvalue weighted by Crippen LogP contribution is 2.21. The molecule has 0 saturated carbocycles. The molecule has 2 unspecified atom stereocenters. The average Bonchev–Trinajstić information content (AvgIpc) is 2.88. The fourth-order valence-electron chi connectivity index (χ4n) is 2.48. The summed E-state index contributed by atoms with van der Waals surface area (Å²) in [6, 6.07) is 3.24. The van der Waals surface area contributed by atoms with Crippen molar-refractivity contribution in [2.45, 2.75) is 25.6 Å². The quantitative estimate of drug-likeness (QED) is 0.931. The molecule has 1 aromatic heterocycles. The summed E-state index contributed by atoms with van der Waals surface area (Å²) in [5.41, 5.74) is 0. The van der Waals surface area contributed by atoms with Gasteiger partial charge in [-0.25, -0.2) is 0 Å². The second-order valence-electron chi connectivity index (χ2n) is 5.22. The number of alkyl halides is 3. The summed E-state index contributed by atoms with van der Waals surface area (Å²) in [6.45, 7) is 1.87. The summed E-state index contributed by atoms with van der Waals surface area (Å²) in [5.74, 6) is 0.101. The van der Waals surface area contributed by atoms with Crippen LogP contribution in [-0.2, 0) is 0 Å². The van der Waals surface area contributed by atoms with Gasteiger partial charge in [-0.1, -0.05) is 13.0 Å². The minimum atomic E-state index is -4.22. The highest BCUT2D eigenvalue weighted by molar-refractivity contribution is 7.12. The lowest BCUT2D eigenvalue weighted by Crippen LogP contribution is -2.52. The van der Waals surface area contributed by atoms with E-state index in [1.807, 2.05) is 12.3 Å². The molecule has 0 bridgehead atoms. The smallest absolute Gasteiger partial charge is 0.336 e. The largest absolute Gasteiger partial charge is 0.401 e. The van der Waals surface area contributed by atoms with Crippen molar-refractivity contribution in [3.05, 3.63) is 22.4 Å². The molecular formula is C13H17F3N2OS. The van der Waals surface area contributed by atoms with E-state index < -0.39 is 12.7 Å². The monoisotopic (exact) mass is 306 g/mol. The molecule has 2 rings (SSSR count). The predicted molar refractivity (Wildman–Crippen MR) is 71.8 cm³/mol. The van der Waals surface area contributed by atoms with Crippen molar-refractivity contribution in [1.82, 2.24) is 10.2 Å². The molecule has 1 amide bonds. The highest BCUT2D eigenvalue weighted by atomic mass is 32.1. The van der Waals surface area contributed by atoms with Gasteiger partial charge in [0.1, 0.15) is 0 Å². The maximum atomic E-state index is 12.2. The number of nitrogens with one attached hydrogen (secondary N) is 1. The Bertz CT molecular complexity index is 447. The van der Waals surface area contributed by atoms with Gasteiger partial charge < -0.3 is 10.2 Å². The van der Waals surface area contributed by atoms with E-state index >= 15 is 0 Å². The standard InChI is InChI=1S/C13H17F3N2OS/c1-9-5-10(17-8-13(14,15)16)7-18(6-9)12(19)11-3-2-4-20-11/h2-4,9-10,17H,5-8H2,1H3. The Hall–Kier alpha value is -1.08. The van der Waals surface area contributed by atoms with Crippen molar-refractivity contribution in [3.8, 4) is 0 Å². The van der Waals surface area contributed by atoms with Crippen molar-refractivity contribution >= 4 is 17.2 Å². The van der Waals surface area contributed by atoms with Crippen molar-refractivity contribution in [3.63, 3.8) is 0 Å². The maximum Gasteiger partial charge on any atom is 0.401 e. The molecule has 1 fully saturated rings. The van der Waals surface area contributed by atoms with E-state index in [0.29, 0.717) is 24.4 Å². The Labute approximate surface area is 119 Å². The number of nitrogens with zero attached hydrogens (tertiary/aromatic N) is 1. The van der Waals surface area contributed by atoms with Crippen LogP contribution in [0.3, 0.4) is 0 Å². The predicted octanol–water partition coefficient (Wildman–Crippen LogP) is 2.75. The van der Waals surface area contributed by atoms with E-state index in [-0.39, 0.29) is 17.9 Å². The number of halogens is 3. The van der Waals surface area contributed by atoms with E-state index in [1.54, 1.807) is 17.0 Å². The molecule has 0 radical (unpaired) electrons. The number of amides is 1. The number of rotatable bonds is 3. The van der Waals surface area contributed by atoms with Gasteiger partial charge in [0.25, 0.3) is 5.91 Å². The van der Waals surface area contributed by atoms with Gasteiger partial charge in [0.2, 0.25) is 0 Å². The molecular weight excluding hydrogens is 289 g/mol. The summed E-state index contributed by atoms with van der Waals surface area (Å²) in [6.07, 6.45) is -3.56. The Morgan fingerprint density at radius 2 is 2.25 bits per heavy atom. The van der Waals surface area contributed by atoms with Crippen molar-refractivity contribution in [2.24, 2.45) is 5.92 Å². The second kappa shape index (κ2) is 6.13. The lowest BCUT2D eigenvalue weighted by Gasteiger charge is -2.37. The van der Waals surface area contributed by atoms with E-state index in [9.17, 15) is 18.0 Å². The lowest BCUT2D eigenvalue weighted by molar-refractivity contribution is -0.127. The molecule has 1 saturated heterocycles. The first-order chi connectivity index (χ1) is 9.35. The zero-order valence-corrected chi connectivity index (χ0v) is 11.9. The average molecular weight is 306 g/mol. The molecule has 20 heavy (non-hydrogen) atoms. The SMILES string of the molecule is CC1CC(NCC(F)(F)F)CN(C(=O)c2cccs2)C1. The van der Waals surface area contributed by atoms with Crippen LogP contribution in [0.4, 0.5) is 13.2 Å². The van der Waals surface area contributed by atoms with E-state index in [4.69, 9.17) is 0 Å². The molecule has 1 aliphatic rings. The van der Waals surface area contributed by atoms with Gasteiger partial charge >= 0.3 is 6.18 Å². The fraction of sp³-hybridized carbons (Fsp3) is 0.615. The third kappa shape index (κ3) is 4.21. The number of hydrogen-bond donors (Lipinski definition) is 1. The molecule has 0 aromatic carbocycles. The van der Waals surface area contributed by atoms with Crippen LogP contribution in [0.5, 0.6) is 0 Å². The molecule has 3 nitrogen and oxygen atoms in total. The molecule has 0 aliphatic carbocycles. The topological polar surface area (TPSA) is 32.3 Å². The van der Waals surface area contributed by atoms with Crippen molar-refractivity contribution < 1.29 is 18.0 Å². The van der Waals surface area contributed by atoms with Crippen LogP contribution in [0.2, 0.25) is 0 Å². The summed E-state index contributed by atoms with van der Waals surface area (Å²) < 4.78 is 36.7. The summed E-state index contributed by atoms with van der Waals surface area (Å²) in [7, 11) is 0. The normalized spacial score (nSPS) is 23.9. The molecule has 1 aromatic rings. The van der Waals surface area contributed by atoms with Gasteiger partial charge in [-0.3, -0.25) is 4.79 Å². The van der Waals surface area contributed by atoms with Crippen LogP contribution in [0.25, 0.3) is 0 Å². The van der Waals surface area contributed by atoms with Gasteiger partial charge in [-0.05, 0) is 23.8 Å². The Morgan fingerprint density at radius 1 is 1.50 bits per heavy atom. The Balaban J connectivity index is 1.96. The van der Waals surface area contributed by atoms with Crippen LogP contribution < -0.4 is 5.32 Å². The van der Waals surface area contributed by atoms with Crippen LogP contribution in [0.1, 0.15) is 23.0 Å². The molecule has 1 N–H and O–H groups in total. The molecule has 0 spiro atoms. The first-order valence-electron chi connectivity index (χ1n) is 6.48. The van der Waals surface area contributed by atoms with Gasteiger partial charge in [-0.2, -0.15) is 13.2 Å². The molecule has 7 heteroatoms. The van der Waals surface area contributed by atoms with Crippen LogP contribution >= 0.6 is 11.3 Å². The van der Waals surface area contributed by atoms with Gasteiger partial charge in [0, 0.05) is 19.1 Å². The number of likely N-dealkylation sites (tertiary alicyclic amines) is 1. The third-order valence-corrected chi connectivity index (χ3v) is 4.13. The zero-order chi connectivity index (χ0) is 14.8. The lowest BCUT2D eigenvalue weighted by atomic mass is 9.95. The second-order valence-corrected chi connectivity index (χ2v) is 6.17. The maximum absolute atomic E-state index is 12.2. The first kappa shape index (κ1) is 15.3. The highest BCUT2D eigenvalue weighted by Gasteiger charge is 2.32. The minimum Gasteiger partial charge on any atom is -0.336 e. The number of carbonyl (C=O) groups is 1. The van der Waals surface area contributed by atoms with Crippen LogP contribution in [-0.4, -0.2) is 42.7 Å². The molecule has 2 atom stereocenters. The Kier molecular flexibility index (Phi) is 4.70. The van der Waals surface area contributed by atoms with Gasteiger partial charge in [-0.15, -0.1) is 11.3 Å². The molecule has 112 valence electrons. The summed E-state index contributed by atoms with van der Waals surface area (Å²) >= 11 is 1.35. The number of hydrogen-bond acceptors (Lipinski definition) is 3. The van der Waals surface area contributed by atoms with Gasteiger partial charge in [0.15, 0.2) is 0 Å². The minimum absolute atomic E-state index is 0.0923. The van der Waals surface area contributed by atoms with Crippen molar-refractivity contribution in [1.29, 1.82) is 0 Å².